The summed E-state index contributed by atoms with van der Waals surface area (Å²) in [6, 6.07) is 6.31. The van der Waals surface area contributed by atoms with E-state index >= 15 is 8.78 Å². The molecule has 3 aliphatic heterocycles. The van der Waals surface area contributed by atoms with Crippen LogP contribution < -0.4 is 27.1 Å². The zero-order valence-electron chi connectivity index (χ0n) is 43.9. The van der Waals surface area contributed by atoms with Crippen molar-refractivity contribution in [2.75, 3.05) is 34.0 Å². The van der Waals surface area contributed by atoms with Gasteiger partial charge in [-0.25, -0.2) is 28.4 Å². The van der Waals surface area contributed by atoms with Gasteiger partial charge in [-0.2, -0.15) is 35.1 Å². The van der Waals surface area contributed by atoms with E-state index in [0.717, 1.165) is 70.5 Å². The average Bonchev–Trinajstić information content (AvgIpc) is 3.61. The molecule has 2 unspecified atom stereocenters. The maximum absolute atomic E-state index is 16.0. The van der Waals surface area contributed by atoms with Crippen LogP contribution in [0.15, 0.2) is 65.8 Å². The van der Waals surface area contributed by atoms with Crippen LogP contribution in [0.3, 0.4) is 0 Å². The molecule has 434 valence electrons. The minimum atomic E-state index is -5.23. The predicted octanol–water partition coefficient (Wildman–Crippen LogP) is 6.79. The third-order valence-electron chi connectivity index (χ3n) is 14.9. The molecule has 27 heteroatoms. The number of carbonyl (C=O) groups excluding carboxylic acids is 4. The lowest BCUT2D eigenvalue weighted by molar-refractivity contribution is -0.221. The van der Waals surface area contributed by atoms with Crippen LogP contribution in [0, 0.1) is 22.5 Å². The summed E-state index contributed by atoms with van der Waals surface area (Å²) in [5.74, 6) is -5.80. The fraction of sp³-hybridized carbons (Fsp3) is 0.538. The third-order valence-corrected chi connectivity index (χ3v) is 14.9. The van der Waals surface area contributed by atoms with Crippen molar-refractivity contribution in [2.24, 2.45) is 21.6 Å². The molecule has 4 amide bonds. The fourth-order valence-electron chi connectivity index (χ4n) is 9.89. The molecule has 3 aliphatic rings. The molecular weight excluding hydrogens is 1070 g/mol. The van der Waals surface area contributed by atoms with Gasteiger partial charge in [0, 0.05) is 71.6 Å². The molecule has 8 N–H and O–H groups in total. The van der Waals surface area contributed by atoms with Crippen molar-refractivity contribution in [1.82, 2.24) is 36.3 Å². The topological polar surface area (TPSA) is 226 Å². The number of aliphatic hydroxyl groups is 3. The fourth-order valence-corrected chi connectivity index (χ4v) is 9.89. The van der Waals surface area contributed by atoms with E-state index in [2.05, 4.69) is 29.4 Å². The Hall–Kier alpha value is -6.58. The van der Waals surface area contributed by atoms with Gasteiger partial charge in [0.15, 0.2) is 13.2 Å². The first kappa shape index (κ1) is 61.6. The molecule has 6 atom stereocenters. The number of ether oxygens (including phenoxy) is 3. The number of pyridine rings is 1. The van der Waals surface area contributed by atoms with Crippen LogP contribution >= 0.6 is 0 Å². The Bertz CT molecular complexity index is 2650. The number of rotatable bonds is 21. The highest BCUT2D eigenvalue weighted by atomic mass is 19.4. The Morgan fingerprint density at radius 1 is 0.823 bits per heavy atom. The lowest BCUT2D eigenvalue weighted by Gasteiger charge is -2.44. The summed E-state index contributed by atoms with van der Waals surface area (Å²) in [5, 5.41) is 18.6. The van der Waals surface area contributed by atoms with Crippen LogP contribution in [0.25, 0.3) is 16.8 Å². The number of hydrogen-bond donors (Lipinski definition) is 6. The van der Waals surface area contributed by atoms with Gasteiger partial charge in [0.1, 0.15) is 29.8 Å². The molecular formula is C52H64F10N9O8+. The van der Waals surface area contributed by atoms with Gasteiger partial charge >= 0.3 is 31.1 Å². The number of alkyl carbamates (subject to hydrolysis) is 2. The van der Waals surface area contributed by atoms with Gasteiger partial charge in [-0.05, 0) is 95.2 Å². The van der Waals surface area contributed by atoms with Gasteiger partial charge in [-0.1, -0.05) is 30.3 Å². The number of nitrogens with two attached hydrogens (primary N) is 1. The van der Waals surface area contributed by atoms with Gasteiger partial charge in [0.05, 0.1) is 37.2 Å². The Labute approximate surface area is 448 Å². The summed E-state index contributed by atoms with van der Waals surface area (Å²) < 4.78 is 158. The molecule has 3 fully saturated rings. The van der Waals surface area contributed by atoms with Crippen LogP contribution in [0.5, 0.6) is 0 Å². The van der Waals surface area contributed by atoms with Crippen LogP contribution in [-0.2, 0) is 32.0 Å². The number of fused-ring (bicyclic) bond motifs is 2. The number of aliphatic hydroxyl groups excluding tert-OH is 1. The number of carbonyl (C=O) groups is 4. The maximum Gasteiger partial charge on any atom is 0.407 e. The van der Waals surface area contributed by atoms with Crippen LogP contribution in [-0.4, -0.2) is 150 Å². The molecule has 17 nitrogen and oxygen atoms in total. The number of amides is 4. The van der Waals surface area contributed by atoms with E-state index in [-0.39, 0.29) is 5.92 Å². The molecule has 0 spiro atoms. The van der Waals surface area contributed by atoms with Crippen molar-refractivity contribution >= 4 is 35.9 Å². The first-order chi connectivity index (χ1) is 36.9. The molecule has 0 aliphatic carbocycles. The molecule has 3 aromatic rings. The number of nitrogens with one attached hydrogen (secondary N) is 4. The van der Waals surface area contributed by atoms with Gasteiger partial charge < -0.3 is 41.0 Å². The molecule has 2 bridgehead atoms. The second-order valence-corrected chi connectivity index (χ2v) is 20.8. The van der Waals surface area contributed by atoms with Crippen molar-refractivity contribution in [1.29, 1.82) is 0 Å². The number of piperidine rings is 1. The van der Waals surface area contributed by atoms with Crippen molar-refractivity contribution < 1.29 is 82.4 Å². The highest BCUT2D eigenvalue weighted by Gasteiger charge is 2.57. The second kappa shape index (κ2) is 25.3. The number of alkyl halides is 8. The van der Waals surface area contributed by atoms with Crippen LogP contribution in [0.1, 0.15) is 81.7 Å². The van der Waals surface area contributed by atoms with Crippen molar-refractivity contribution in [3.8, 4) is 11.1 Å². The number of benzene rings is 2. The molecule has 2 aromatic carbocycles. The minimum absolute atomic E-state index is 0.272. The largest absolute Gasteiger partial charge is 0.453 e. The van der Waals surface area contributed by atoms with Gasteiger partial charge in [0.25, 0.3) is 5.91 Å². The quantitative estimate of drug-likeness (QED) is 0.0214. The van der Waals surface area contributed by atoms with Crippen LogP contribution in [0.4, 0.5) is 53.5 Å². The summed E-state index contributed by atoms with van der Waals surface area (Å²) in [6.07, 6.45) is -8.62. The summed E-state index contributed by atoms with van der Waals surface area (Å²) >= 11 is 0. The lowest BCUT2D eigenvalue weighted by atomic mass is 9.82. The first-order valence-electron chi connectivity index (χ1n) is 25.0. The average molecular weight is 1130 g/mol. The van der Waals surface area contributed by atoms with E-state index in [1.54, 1.807) is 35.8 Å². The summed E-state index contributed by atoms with van der Waals surface area (Å²) in [6.45, 7) is -1.38. The highest BCUT2D eigenvalue weighted by molar-refractivity contribution is 5.87. The highest BCUT2D eigenvalue weighted by Crippen LogP contribution is 2.45. The number of nitrogens with zero attached hydrogens (tertiary/aromatic N) is 4. The van der Waals surface area contributed by atoms with E-state index in [1.807, 2.05) is 22.9 Å². The summed E-state index contributed by atoms with van der Waals surface area (Å²) in [5.41, 5.74) is 2.58. The van der Waals surface area contributed by atoms with E-state index in [1.165, 1.54) is 0 Å². The Morgan fingerprint density at radius 2 is 1.35 bits per heavy atom. The second-order valence-electron chi connectivity index (χ2n) is 20.8. The number of allylic oxidation sites excluding steroid dienone is 1. The normalized spacial score (nSPS) is 20.1. The van der Waals surface area contributed by atoms with Gasteiger partial charge in [-0.15, -0.1) is 0 Å². The molecule has 0 radical (unpaired) electrons. The molecule has 79 heavy (non-hydrogen) atoms. The van der Waals surface area contributed by atoms with E-state index in [9.17, 15) is 59.4 Å². The van der Waals surface area contributed by atoms with Crippen molar-refractivity contribution in [3.63, 3.8) is 0 Å². The molecule has 1 aromatic heterocycles. The number of aromatic nitrogens is 1. The monoisotopic (exact) mass is 1130 g/mol. The standard InChI is InChI=1S/C52H63F10N9O8/c1-49(2,51(57,58)59)42(67-47(75)77-5)44(73)66-40(17-27-7-9-28(10-8-27)29-11-14-39(65-22-29)31-18-32-12-13-33(19-31)71(32)34-25-79-26-34)41(72)24-70(69-45(74)43(68-48(76)78-6)50(3,4)52(60,61)62)23-35-36(53)20-30(21-37(35)54)38(63)15-16-64-46(55)56/h7-11,14-16,20-22,31-34,40-43,46,72H,12-13,17-19,23-26,63H2,1-6H3,(H,66,73)(H,67,75)(H,68,76)(H,69,74)/p+1/t31?,32?,33?,40-,41-,42+,43+/m0/s1. The minimum Gasteiger partial charge on any atom is -0.453 e. The zero-order valence-corrected chi connectivity index (χ0v) is 43.9. The Balaban J connectivity index is 1.34. The smallest absolute Gasteiger partial charge is 0.407 e. The van der Waals surface area contributed by atoms with Crippen molar-refractivity contribution in [2.45, 2.75) is 134 Å². The number of hydrogen-bond acceptors (Lipinski definition) is 12. The van der Waals surface area contributed by atoms with E-state index in [4.69, 9.17) is 10.7 Å². The number of aliphatic imine (C=N–C) groups is 1. The zero-order chi connectivity index (χ0) is 58.4. The number of methoxy groups -OCH3 is 2. The molecule has 0 saturated carbocycles. The predicted molar refractivity (Wildman–Crippen MR) is 268 cm³/mol. The molecule has 3 saturated heterocycles. The van der Waals surface area contributed by atoms with E-state index in [0.29, 0.717) is 80.3 Å². The van der Waals surface area contributed by atoms with Crippen molar-refractivity contribution in [3.05, 3.63) is 94.8 Å². The van der Waals surface area contributed by atoms with Gasteiger partial charge in [-0.3, -0.25) is 24.9 Å². The number of hydrazine groups is 1. The molecule has 4 heterocycles. The lowest BCUT2D eigenvalue weighted by Crippen LogP contribution is -2.63. The number of halogens is 10. The Morgan fingerprint density at radius 3 is 1.82 bits per heavy atom. The summed E-state index contributed by atoms with van der Waals surface area (Å²) in [4.78, 5) is 63.1. The van der Waals surface area contributed by atoms with Gasteiger partial charge in [0.2, 0.25) is 5.91 Å². The maximum atomic E-state index is 16.0. The van der Waals surface area contributed by atoms with E-state index < -0.39 is 126 Å². The summed E-state index contributed by atoms with van der Waals surface area (Å²) in [7, 11) is 1.61. The SMILES string of the molecule is COC(=O)N[C@H](C(=O)N[C@@H](Cc1ccc(-c2ccc(C3CC4CCC(C3)N4C3C[OH+]C3)nc2)cc1)[C@@H](O)CN(Cc1c(F)cc(C(N)=CC=NC(F)F)cc1F)NC(=O)[C@@H](NC(=O)OC)C(C)(C)C(F)(F)F)C(C)(C)C(F)(F)F. The van der Waals surface area contributed by atoms with Crippen LogP contribution in [0.2, 0.25) is 0 Å². The first-order valence-corrected chi connectivity index (χ1v) is 25.0. The Kier molecular flexibility index (Phi) is 19.7. The molecule has 6 rings (SSSR count). The third kappa shape index (κ3) is 14.8.